The van der Waals surface area contributed by atoms with Gasteiger partial charge in [0.2, 0.25) is 11.6 Å². The van der Waals surface area contributed by atoms with Crippen LogP contribution in [-0.2, 0) is 0 Å². The molecule has 1 aromatic heterocycles. The molecule has 0 saturated heterocycles. The van der Waals surface area contributed by atoms with Crippen molar-refractivity contribution in [2.24, 2.45) is 0 Å². The summed E-state index contributed by atoms with van der Waals surface area (Å²) in [4.78, 5) is 17.4. The molecule has 31 heavy (non-hydrogen) atoms. The number of amides is 1. The van der Waals surface area contributed by atoms with E-state index in [2.05, 4.69) is 26.2 Å². The van der Waals surface area contributed by atoms with Gasteiger partial charge in [-0.2, -0.15) is 0 Å². The third-order valence-electron chi connectivity index (χ3n) is 4.66. The Bertz CT molecular complexity index is 1230. The summed E-state index contributed by atoms with van der Waals surface area (Å²) in [7, 11) is 4.51. The molecule has 0 unspecified atom stereocenters. The molecule has 3 aromatic carbocycles. The van der Waals surface area contributed by atoms with Gasteiger partial charge in [0, 0.05) is 21.3 Å². The normalized spacial score (nSPS) is 10.7. The zero-order chi connectivity index (χ0) is 22.0. The van der Waals surface area contributed by atoms with E-state index >= 15 is 0 Å². The number of rotatable bonds is 6. The van der Waals surface area contributed by atoms with Gasteiger partial charge in [0.1, 0.15) is 5.52 Å². The number of oxazole rings is 1. The summed E-state index contributed by atoms with van der Waals surface area (Å²) in [5.41, 5.74) is 3.08. The van der Waals surface area contributed by atoms with E-state index in [1.54, 1.807) is 30.3 Å². The Balaban J connectivity index is 1.61. The molecule has 0 aliphatic rings. The molecule has 158 valence electrons. The highest BCUT2D eigenvalue weighted by molar-refractivity contribution is 9.10. The van der Waals surface area contributed by atoms with E-state index in [1.165, 1.54) is 21.3 Å². The lowest BCUT2D eigenvalue weighted by Gasteiger charge is -2.14. The SMILES string of the molecule is COc1cc(C(=O)Nc2ccc3oc(-c4ccc(Br)cc4)nc3c2)cc(OC)c1OC. The van der Waals surface area contributed by atoms with Crippen molar-refractivity contribution in [1.82, 2.24) is 4.98 Å². The standard InChI is InChI=1S/C23H19BrN2O5/c1-28-19-10-14(11-20(29-2)21(19)30-3)22(27)25-16-8-9-18-17(12-16)26-23(31-18)13-4-6-15(24)7-5-13/h4-12H,1-3H3,(H,25,27). The summed E-state index contributed by atoms with van der Waals surface area (Å²) in [5.74, 6) is 1.41. The van der Waals surface area contributed by atoms with E-state index in [4.69, 9.17) is 18.6 Å². The van der Waals surface area contributed by atoms with Gasteiger partial charge >= 0.3 is 0 Å². The van der Waals surface area contributed by atoms with E-state index in [0.29, 0.717) is 45.5 Å². The lowest BCUT2D eigenvalue weighted by molar-refractivity contribution is 0.102. The first-order valence-corrected chi connectivity index (χ1v) is 10.1. The molecule has 0 bridgehead atoms. The number of nitrogens with one attached hydrogen (secondary N) is 1. The molecule has 1 amide bonds. The highest BCUT2D eigenvalue weighted by Gasteiger charge is 2.17. The molecule has 4 aromatic rings. The number of aromatic nitrogens is 1. The fourth-order valence-corrected chi connectivity index (χ4v) is 3.40. The maximum absolute atomic E-state index is 12.8. The second-order valence-electron chi connectivity index (χ2n) is 6.58. The zero-order valence-corrected chi connectivity index (χ0v) is 18.6. The van der Waals surface area contributed by atoms with Crippen LogP contribution in [0, 0.1) is 0 Å². The predicted molar refractivity (Wildman–Crippen MR) is 121 cm³/mol. The first-order valence-electron chi connectivity index (χ1n) is 9.30. The first kappa shape index (κ1) is 20.7. The van der Waals surface area contributed by atoms with Crippen LogP contribution in [-0.4, -0.2) is 32.2 Å². The maximum Gasteiger partial charge on any atom is 0.255 e. The lowest BCUT2D eigenvalue weighted by Crippen LogP contribution is -2.12. The minimum atomic E-state index is -0.324. The largest absolute Gasteiger partial charge is 0.493 e. The third kappa shape index (κ3) is 4.20. The summed E-state index contributed by atoms with van der Waals surface area (Å²) >= 11 is 3.42. The van der Waals surface area contributed by atoms with Gasteiger partial charge in [0.25, 0.3) is 5.91 Å². The number of ether oxygens (including phenoxy) is 3. The van der Waals surface area contributed by atoms with Crippen LogP contribution < -0.4 is 19.5 Å². The van der Waals surface area contributed by atoms with Gasteiger partial charge in [-0.3, -0.25) is 4.79 Å². The Morgan fingerprint density at radius 2 is 1.61 bits per heavy atom. The van der Waals surface area contributed by atoms with Gasteiger partial charge in [0.15, 0.2) is 17.1 Å². The number of halogens is 1. The monoisotopic (exact) mass is 482 g/mol. The first-order chi connectivity index (χ1) is 15.0. The molecular weight excluding hydrogens is 464 g/mol. The second-order valence-corrected chi connectivity index (χ2v) is 7.49. The highest BCUT2D eigenvalue weighted by Crippen LogP contribution is 2.38. The molecule has 0 atom stereocenters. The Morgan fingerprint density at radius 1 is 0.935 bits per heavy atom. The highest BCUT2D eigenvalue weighted by atomic mass is 79.9. The average Bonchev–Trinajstić information content (AvgIpc) is 3.21. The van der Waals surface area contributed by atoms with Crippen LogP contribution in [0.4, 0.5) is 5.69 Å². The zero-order valence-electron chi connectivity index (χ0n) is 17.1. The van der Waals surface area contributed by atoms with Crippen molar-refractivity contribution in [3.05, 3.63) is 64.6 Å². The van der Waals surface area contributed by atoms with Gasteiger partial charge in [-0.05, 0) is 54.6 Å². The second kappa shape index (κ2) is 8.69. The van der Waals surface area contributed by atoms with Gasteiger partial charge in [0.05, 0.1) is 21.3 Å². The minimum absolute atomic E-state index is 0.324. The van der Waals surface area contributed by atoms with Crippen LogP contribution in [0.15, 0.2) is 63.5 Å². The van der Waals surface area contributed by atoms with E-state index in [1.807, 2.05) is 24.3 Å². The molecule has 0 fully saturated rings. The number of anilines is 1. The molecule has 1 N–H and O–H groups in total. The Morgan fingerprint density at radius 3 is 2.23 bits per heavy atom. The van der Waals surface area contributed by atoms with Crippen molar-refractivity contribution >= 4 is 38.6 Å². The smallest absolute Gasteiger partial charge is 0.255 e. The molecule has 7 nitrogen and oxygen atoms in total. The van der Waals surface area contributed by atoms with Crippen LogP contribution in [0.2, 0.25) is 0 Å². The molecule has 0 saturated carbocycles. The number of nitrogens with zero attached hydrogens (tertiary/aromatic N) is 1. The van der Waals surface area contributed by atoms with E-state index in [-0.39, 0.29) is 5.91 Å². The summed E-state index contributed by atoms with van der Waals surface area (Å²) in [5, 5.41) is 2.87. The summed E-state index contributed by atoms with van der Waals surface area (Å²) < 4.78 is 22.8. The van der Waals surface area contributed by atoms with Crippen molar-refractivity contribution in [3.63, 3.8) is 0 Å². The Labute approximate surface area is 187 Å². The fraction of sp³-hybridized carbons (Fsp3) is 0.130. The number of hydrogen-bond acceptors (Lipinski definition) is 6. The van der Waals surface area contributed by atoms with Gasteiger partial charge in [-0.15, -0.1) is 0 Å². The van der Waals surface area contributed by atoms with Crippen LogP contribution in [0.3, 0.4) is 0 Å². The van der Waals surface area contributed by atoms with Crippen molar-refractivity contribution < 1.29 is 23.4 Å². The maximum atomic E-state index is 12.8. The van der Waals surface area contributed by atoms with Crippen molar-refractivity contribution in [2.45, 2.75) is 0 Å². The molecule has 4 rings (SSSR count). The number of carbonyl (C=O) groups excluding carboxylic acids is 1. The summed E-state index contributed by atoms with van der Waals surface area (Å²) in [6, 6.07) is 16.2. The number of hydrogen-bond donors (Lipinski definition) is 1. The molecule has 0 spiro atoms. The van der Waals surface area contributed by atoms with Crippen LogP contribution in [0.25, 0.3) is 22.6 Å². The number of fused-ring (bicyclic) bond motifs is 1. The van der Waals surface area contributed by atoms with Crippen LogP contribution in [0.1, 0.15) is 10.4 Å². The predicted octanol–water partition coefficient (Wildman–Crippen LogP) is 5.54. The van der Waals surface area contributed by atoms with Crippen molar-refractivity contribution in [1.29, 1.82) is 0 Å². The minimum Gasteiger partial charge on any atom is -0.493 e. The van der Waals surface area contributed by atoms with Crippen LogP contribution >= 0.6 is 15.9 Å². The Hall–Kier alpha value is -3.52. The molecule has 8 heteroatoms. The van der Waals surface area contributed by atoms with E-state index in [9.17, 15) is 4.79 Å². The molecule has 0 aliphatic carbocycles. The lowest BCUT2D eigenvalue weighted by atomic mass is 10.1. The molecular formula is C23H19BrN2O5. The third-order valence-corrected chi connectivity index (χ3v) is 5.19. The van der Waals surface area contributed by atoms with Crippen molar-refractivity contribution in [3.8, 4) is 28.7 Å². The fourth-order valence-electron chi connectivity index (χ4n) is 3.14. The van der Waals surface area contributed by atoms with Crippen molar-refractivity contribution in [2.75, 3.05) is 26.6 Å². The number of carbonyl (C=O) groups is 1. The summed E-state index contributed by atoms with van der Waals surface area (Å²) in [6.07, 6.45) is 0. The molecule has 0 radical (unpaired) electrons. The molecule has 1 heterocycles. The number of benzene rings is 3. The van der Waals surface area contributed by atoms with E-state index < -0.39 is 0 Å². The Kier molecular flexibility index (Phi) is 5.81. The van der Waals surface area contributed by atoms with E-state index in [0.717, 1.165) is 10.0 Å². The van der Waals surface area contributed by atoms with Gasteiger partial charge in [-0.25, -0.2) is 4.98 Å². The van der Waals surface area contributed by atoms with Gasteiger partial charge in [-0.1, -0.05) is 15.9 Å². The topological polar surface area (TPSA) is 82.8 Å². The van der Waals surface area contributed by atoms with Gasteiger partial charge < -0.3 is 23.9 Å². The summed E-state index contributed by atoms with van der Waals surface area (Å²) in [6.45, 7) is 0. The average molecular weight is 483 g/mol. The molecule has 0 aliphatic heterocycles. The quantitative estimate of drug-likeness (QED) is 0.388. The number of methoxy groups -OCH3 is 3. The van der Waals surface area contributed by atoms with Crippen LogP contribution in [0.5, 0.6) is 17.2 Å².